The molecule has 0 bridgehead atoms. The molecule has 0 aromatic rings. The summed E-state index contributed by atoms with van der Waals surface area (Å²) in [5, 5.41) is 10.5. The number of hydrogen-bond acceptors (Lipinski definition) is 15. The SMILES string of the molecule is CC(C)CCCCCCCCCCCCCC(=O)O[C@H](COC(=O)CCCCCCCCCCC(C)C)COP(=O)(O)OCC(O)COP(=O)(O)OC[C@@H](COC(=O)CCCCCCCCCC(C)C)OC(=O)CCCCCCCCCC(C)C. The van der Waals surface area contributed by atoms with Gasteiger partial charge < -0.3 is 33.8 Å². The minimum atomic E-state index is -4.95. The molecule has 0 aliphatic carbocycles. The third-order valence-electron chi connectivity index (χ3n) is 15.1. The summed E-state index contributed by atoms with van der Waals surface area (Å²) >= 11 is 0. The van der Waals surface area contributed by atoms with Gasteiger partial charge in [-0.3, -0.25) is 37.3 Å². The lowest BCUT2D eigenvalue weighted by Crippen LogP contribution is -2.30. The number of aliphatic hydroxyl groups excluding tert-OH is 1. The van der Waals surface area contributed by atoms with Crippen molar-refractivity contribution >= 4 is 39.5 Å². The van der Waals surface area contributed by atoms with E-state index < -0.39 is 97.5 Å². The molecule has 0 fully saturated rings. The Morgan fingerprint density at radius 2 is 0.494 bits per heavy atom. The van der Waals surface area contributed by atoms with Crippen molar-refractivity contribution < 1.29 is 80.2 Å². The molecule has 0 aromatic heterocycles. The van der Waals surface area contributed by atoms with E-state index in [2.05, 4.69) is 55.4 Å². The van der Waals surface area contributed by atoms with Crippen molar-refractivity contribution in [3.05, 3.63) is 0 Å². The van der Waals surface area contributed by atoms with Crippen molar-refractivity contribution in [2.24, 2.45) is 23.7 Å². The van der Waals surface area contributed by atoms with Crippen LogP contribution in [0.5, 0.6) is 0 Å². The number of carbonyl (C=O) groups excluding carboxylic acids is 4. The molecule has 5 atom stereocenters. The highest BCUT2D eigenvalue weighted by atomic mass is 31.2. The van der Waals surface area contributed by atoms with Crippen molar-refractivity contribution in [3.8, 4) is 0 Å². The molecule has 0 rings (SSSR count). The number of carbonyl (C=O) groups is 4. The molecular formula is C66H128O17P2. The van der Waals surface area contributed by atoms with Crippen LogP contribution in [0.3, 0.4) is 0 Å². The molecule has 0 radical (unpaired) electrons. The lowest BCUT2D eigenvalue weighted by molar-refractivity contribution is -0.161. The summed E-state index contributed by atoms with van der Waals surface area (Å²) in [4.78, 5) is 72.3. The number of phosphoric acid groups is 2. The van der Waals surface area contributed by atoms with Gasteiger partial charge in [0.2, 0.25) is 0 Å². The first-order chi connectivity index (χ1) is 40.6. The standard InChI is InChI=1S/C66H128O17P2/c1-56(2)42-34-26-18-12-10-9-11-13-23-32-40-48-65(70)82-61(52-76-63(68)46-38-30-22-15-14-19-27-35-43-57(3)4)54-80-84(72,73)78-50-60(67)51-79-85(74,75)81-55-62(83-66(71)49-41-33-25-17-21-29-37-45-59(7)8)53-77-64(69)47-39-31-24-16-20-28-36-44-58(5)6/h56-62,67H,9-55H2,1-8H3,(H,72,73)(H,74,75)/t60?,61-,62-/m1/s1. The van der Waals surface area contributed by atoms with Gasteiger partial charge in [-0.1, -0.05) is 267 Å². The second kappa shape index (κ2) is 56.1. The van der Waals surface area contributed by atoms with Gasteiger partial charge in [-0.2, -0.15) is 0 Å². The predicted octanol–water partition coefficient (Wildman–Crippen LogP) is 18.1. The van der Waals surface area contributed by atoms with Gasteiger partial charge in [0.25, 0.3) is 0 Å². The van der Waals surface area contributed by atoms with Gasteiger partial charge in [-0.15, -0.1) is 0 Å². The zero-order valence-corrected chi connectivity index (χ0v) is 57.0. The normalized spacial score (nSPS) is 14.4. The third-order valence-corrected chi connectivity index (χ3v) is 17.0. The summed E-state index contributed by atoms with van der Waals surface area (Å²) in [6, 6.07) is 0. The maximum Gasteiger partial charge on any atom is 0.472 e. The molecule has 0 aliphatic heterocycles. The Balaban J connectivity index is 5.25. The number of esters is 4. The number of ether oxygens (including phenoxy) is 4. The van der Waals surface area contributed by atoms with E-state index in [9.17, 15) is 43.2 Å². The highest BCUT2D eigenvalue weighted by Crippen LogP contribution is 2.45. The lowest BCUT2D eigenvalue weighted by atomic mass is 10.0. The van der Waals surface area contributed by atoms with Crippen LogP contribution >= 0.6 is 15.6 Å². The first kappa shape index (κ1) is 83.1. The minimum Gasteiger partial charge on any atom is -0.462 e. The van der Waals surface area contributed by atoms with Crippen molar-refractivity contribution in [1.29, 1.82) is 0 Å². The first-order valence-electron chi connectivity index (χ1n) is 34.2. The van der Waals surface area contributed by atoms with Crippen LogP contribution < -0.4 is 0 Å². The van der Waals surface area contributed by atoms with Gasteiger partial charge in [0, 0.05) is 25.7 Å². The van der Waals surface area contributed by atoms with Crippen molar-refractivity contribution in [3.63, 3.8) is 0 Å². The van der Waals surface area contributed by atoms with Crippen LogP contribution in [-0.4, -0.2) is 96.7 Å². The van der Waals surface area contributed by atoms with E-state index in [0.29, 0.717) is 37.5 Å². The van der Waals surface area contributed by atoms with Crippen molar-refractivity contribution in [2.45, 2.75) is 337 Å². The van der Waals surface area contributed by atoms with Gasteiger partial charge >= 0.3 is 39.5 Å². The fourth-order valence-electron chi connectivity index (χ4n) is 9.78. The topological polar surface area (TPSA) is 237 Å². The zero-order valence-electron chi connectivity index (χ0n) is 55.2. The molecule has 17 nitrogen and oxygen atoms in total. The molecule has 0 spiro atoms. The van der Waals surface area contributed by atoms with Crippen LogP contribution in [0.15, 0.2) is 0 Å². The Kier molecular flexibility index (Phi) is 54.8. The van der Waals surface area contributed by atoms with Gasteiger partial charge in [0.05, 0.1) is 26.4 Å². The summed E-state index contributed by atoms with van der Waals surface area (Å²) < 4.78 is 68.1. The maximum absolute atomic E-state index is 13.0. The Morgan fingerprint density at radius 3 is 0.729 bits per heavy atom. The average molecular weight is 1260 g/mol. The van der Waals surface area contributed by atoms with E-state index in [0.717, 1.165) is 108 Å². The van der Waals surface area contributed by atoms with E-state index in [1.807, 2.05) is 0 Å². The second-order valence-electron chi connectivity index (χ2n) is 25.8. The molecule has 3 N–H and O–H groups in total. The Hall–Kier alpha value is -1.94. The fraction of sp³-hybridized carbons (Fsp3) is 0.939. The number of unbranched alkanes of at least 4 members (excludes halogenated alkanes) is 29. The van der Waals surface area contributed by atoms with E-state index >= 15 is 0 Å². The van der Waals surface area contributed by atoms with Crippen molar-refractivity contribution in [2.75, 3.05) is 39.6 Å². The molecule has 19 heteroatoms. The quantitative estimate of drug-likeness (QED) is 0.0222. The molecule has 0 saturated heterocycles. The molecule has 504 valence electrons. The van der Waals surface area contributed by atoms with Crippen molar-refractivity contribution in [1.82, 2.24) is 0 Å². The largest absolute Gasteiger partial charge is 0.472 e. The monoisotopic (exact) mass is 1250 g/mol. The van der Waals surface area contributed by atoms with Crippen LogP contribution in [0.4, 0.5) is 0 Å². The van der Waals surface area contributed by atoms with Gasteiger partial charge in [-0.05, 0) is 49.4 Å². The maximum atomic E-state index is 13.0. The zero-order chi connectivity index (χ0) is 63.2. The highest BCUT2D eigenvalue weighted by molar-refractivity contribution is 7.47. The van der Waals surface area contributed by atoms with Crippen LogP contribution in [-0.2, 0) is 65.4 Å². The van der Waals surface area contributed by atoms with E-state index in [-0.39, 0.29) is 25.7 Å². The predicted molar refractivity (Wildman–Crippen MR) is 340 cm³/mol. The van der Waals surface area contributed by atoms with Gasteiger partial charge in [-0.25, -0.2) is 9.13 Å². The summed E-state index contributed by atoms with van der Waals surface area (Å²) in [5.74, 6) is 0.754. The summed E-state index contributed by atoms with van der Waals surface area (Å²) in [6.07, 6.45) is 36.4. The Bertz CT molecular complexity index is 1700. The minimum absolute atomic E-state index is 0.102. The first-order valence-corrected chi connectivity index (χ1v) is 37.2. The van der Waals surface area contributed by atoms with Crippen LogP contribution in [0.25, 0.3) is 0 Å². The Labute approximate surface area is 517 Å². The smallest absolute Gasteiger partial charge is 0.462 e. The molecule has 85 heavy (non-hydrogen) atoms. The Morgan fingerprint density at radius 1 is 0.294 bits per heavy atom. The summed E-state index contributed by atoms with van der Waals surface area (Å²) in [5.41, 5.74) is 0. The third kappa shape index (κ3) is 60.7. The number of aliphatic hydroxyl groups is 1. The molecule has 0 saturated carbocycles. The van der Waals surface area contributed by atoms with Gasteiger partial charge in [0.1, 0.15) is 19.3 Å². The van der Waals surface area contributed by atoms with Gasteiger partial charge in [0.15, 0.2) is 12.2 Å². The van der Waals surface area contributed by atoms with E-state index in [1.54, 1.807) is 0 Å². The average Bonchev–Trinajstić information content (AvgIpc) is 3.61. The number of rotatable bonds is 63. The molecule has 3 unspecified atom stereocenters. The molecule has 0 aromatic carbocycles. The number of hydrogen-bond donors (Lipinski definition) is 3. The fourth-order valence-corrected chi connectivity index (χ4v) is 11.4. The second-order valence-corrected chi connectivity index (χ2v) is 28.7. The molecule has 0 heterocycles. The van der Waals surface area contributed by atoms with Crippen LogP contribution in [0.1, 0.15) is 319 Å². The van der Waals surface area contributed by atoms with E-state index in [4.69, 9.17) is 37.0 Å². The molecule has 0 aliphatic rings. The number of phosphoric ester groups is 2. The lowest BCUT2D eigenvalue weighted by Gasteiger charge is -2.21. The summed E-state index contributed by atoms with van der Waals surface area (Å²) in [6.45, 7) is 14.0. The van der Waals surface area contributed by atoms with Crippen LogP contribution in [0, 0.1) is 23.7 Å². The highest BCUT2D eigenvalue weighted by Gasteiger charge is 2.30. The molecule has 0 amide bonds. The molecular weight excluding hydrogens is 1130 g/mol. The van der Waals surface area contributed by atoms with Crippen LogP contribution in [0.2, 0.25) is 0 Å². The van der Waals surface area contributed by atoms with E-state index in [1.165, 1.54) is 116 Å². The summed E-state index contributed by atoms with van der Waals surface area (Å²) in [7, 11) is -9.89.